The Balaban J connectivity index is 1.71. The minimum absolute atomic E-state index is 0.133. The van der Waals surface area contributed by atoms with E-state index < -0.39 is 0 Å². The average Bonchev–Trinajstić information content (AvgIpc) is 3.39. The first-order valence-electron chi connectivity index (χ1n) is 10.5. The quantitative estimate of drug-likeness (QED) is 0.353. The van der Waals surface area contributed by atoms with E-state index in [0.717, 1.165) is 62.9 Å². The van der Waals surface area contributed by atoms with Crippen molar-refractivity contribution in [3.63, 3.8) is 0 Å². The molecule has 0 bridgehead atoms. The van der Waals surface area contributed by atoms with E-state index in [4.69, 9.17) is 9.94 Å². The maximum atomic E-state index is 11.6. The smallest absolute Gasteiger partial charge is 0.223 e. The summed E-state index contributed by atoms with van der Waals surface area (Å²) in [6, 6.07) is 12.0. The molecule has 5 rings (SSSR count). The average molecular weight is 459 g/mol. The van der Waals surface area contributed by atoms with Crippen molar-refractivity contribution in [2.75, 3.05) is 12.4 Å². The number of pyridine rings is 1. The number of hydrogen-bond acceptors (Lipinski definition) is 7. The van der Waals surface area contributed by atoms with Crippen molar-refractivity contribution < 1.29 is 9.63 Å². The number of nitrogens with one attached hydrogen (secondary N) is 1. The van der Waals surface area contributed by atoms with Crippen LogP contribution in [0.25, 0.3) is 27.5 Å². The molecule has 0 radical (unpaired) electrons. The summed E-state index contributed by atoms with van der Waals surface area (Å²) in [6.07, 6.45) is 5.13. The highest BCUT2D eigenvalue weighted by Crippen LogP contribution is 2.44. The number of hydrogen-bond donors (Lipinski definition) is 1. The number of carbonyl (C=O) groups excluding carboxylic acids is 1. The molecule has 8 nitrogen and oxygen atoms in total. The Labute approximate surface area is 195 Å². The number of anilines is 1. The molecule has 4 aromatic rings. The molecule has 0 atom stereocenters. The molecule has 1 N–H and O–H groups in total. The summed E-state index contributed by atoms with van der Waals surface area (Å²) in [5, 5.41) is 12.4. The molecular weight excluding hydrogens is 436 g/mol. The summed E-state index contributed by atoms with van der Waals surface area (Å²) in [4.78, 5) is 26.6. The molecule has 1 aliphatic rings. The van der Waals surface area contributed by atoms with Crippen molar-refractivity contribution in [2.24, 2.45) is 5.16 Å². The molecule has 0 saturated heterocycles. The lowest BCUT2D eigenvalue weighted by Crippen LogP contribution is -2.07. The number of benzene rings is 1. The summed E-state index contributed by atoms with van der Waals surface area (Å²) >= 11 is 1.48. The Morgan fingerprint density at radius 3 is 2.91 bits per heavy atom. The third-order valence-corrected chi connectivity index (χ3v) is 6.42. The molecule has 0 unspecified atom stereocenters. The van der Waals surface area contributed by atoms with Crippen LogP contribution >= 0.6 is 11.3 Å². The van der Waals surface area contributed by atoms with Gasteiger partial charge in [0.15, 0.2) is 5.13 Å². The van der Waals surface area contributed by atoms with E-state index in [0.29, 0.717) is 5.13 Å². The maximum absolute atomic E-state index is 11.6. The van der Waals surface area contributed by atoms with Crippen molar-refractivity contribution in [1.82, 2.24) is 19.7 Å². The Hall–Kier alpha value is -3.85. The number of fused-ring (bicyclic) bond motifs is 3. The van der Waals surface area contributed by atoms with Crippen LogP contribution in [-0.4, -0.2) is 39.0 Å². The standard InChI is InChI=1S/C24H22N6O2S/c1-14-7-8-17(13-25-14)21-19-9-10-20-23(33-24(28-20)27-15(2)31)22(19)30(29-21)18-6-4-5-16(11-18)12-26-32-3/h4-8,11-13H,9-10H2,1-3H3,(H,27,28,31)/b26-12+. The van der Waals surface area contributed by atoms with Gasteiger partial charge >= 0.3 is 0 Å². The zero-order valence-corrected chi connectivity index (χ0v) is 19.3. The molecule has 3 heterocycles. The first-order valence-corrected chi connectivity index (χ1v) is 11.3. The molecule has 0 spiro atoms. The fourth-order valence-electron chi connectivity index (χ4n) is 3.95. The normalized spacial score (nSPS) is 12.5. The first kappa shape index (κ1) is 21.0. The lowest BCUT2D eigenvalue weighted by Gasteiger charge is -2.14. The van der Waals surface area contributed by atoms with Crippen LogP contribution in [0, 0.1) is 6.92 Å². The van der Waals surface area contributed by atoms with Gasteiger partial charge in [-0.05, 0) is 49.6 Å². The van der Waals surface area contributed by atoms with E-state index in [1.165, 1.54) is 25.4 Å². The van der Waals surface area contributed by atoms with Gasteiger partial charge in [-0.3, -0.25) is 9.78 Å². The molecule has 1 aromatic carbocycles. The van der Waals surface area contributed by atoms with Crippen LogP contribution in [0.3, 0.4) is 0 Å². The summed E-state index contributed by atoms with van der Waals surface area (Å²) in [5.41, 5.74) is 7.78. The molecule has 0 fully saturated rings. The van der Waals surface area contributed by atoms with Crippen molar-refractivity contribution >= 4 is 28.6 Å². The second-order valence-corrected chi connectivity index (χ2v) is 8.76. The third-order valence-electron chi connectivity index (χ3n) is 5.40. The van der Waals surface area contributed by atoms with Crippen LogP contribution in [0.5, 0.6) is 0 Å². The third kappa shape index (κ3) is 4.03. The van der Waals surface area contributed by atoms with Crippen LogP contribution in [-0.2, 0) is 22.5 Å². The highest BCUT2D eigenvalue weighted by atomic mass is 32.1. The van der Waals surface area contributed by atoms with E-state index in [9.17, 15) is 4.79 Å². The fourth-order valence-corrected chi connectivity index (χ4v) is 5.07. The molecule has 1 aliphatic carbocycles. The number of oxime groups is 1. The molecule has 166 valence electrons. The second kappa shape index (κ2) is 8.59. The molecule has 0 saturated carbocycles. The van der Waals surface area contributed by atoms with Gasteiger partial charge in [-0.15, -0.1) is 0 Å². The van der Waals surface area contributed by atoms with Crippen molar-refractivity contribution in [2.45, 2.75) is 26.7 Å². The highest BCUT2D eigenvalue weighted by molar-refractivity contribution is 7.19. The van der Waals surface area contributed by atoms with Gasteiger partial charge in [-0.1, -0.05) is 28.6 Å². The second-order valence-electron chi connectivity index (χ2n) is 7.76. The first-order chi connectivity index (χ1) is 16.0. The van der Waals surface area contributed by atoms with Gasteiger partial charge in [-0.2, -0.15) is 5.10 Å². The van der Waals surface area contributed by atoms with E-state index in [1.54, 1.807) is 6.21 Å². The van der Waals surface area contributed by atoms with Crippen molar-refractivity contribution in [3.8, 4) is 27.5 Å². The van der Waals surface area contributed by atoms with Crippen molar-refractivity contribution in [3.05, 3.63) is 65.1 Å². The van der Waals surface area contributed by atoms with Crippen LogP contribution in [0.2, 0.25) is 0 Å². The lowest BCUT2D eigenvalue weighted by molar-refractivity contribution is -0.114. The van der Waals surface area contributed by atoms with Gasteiger partial charge < -0.3 is 10.2 Å². The van der Waals surface area contributed by atoms with Gasteiger partial charge in [-0.25, -0.2) is 9.67 Å². The minimum atomic E-state index is -0.133. The monoisotopic (exact) mass is 458 g/mol. The SMILES string of the molecule is CO/N=C/c1cccc(-n2nc(-c3ccc(C)nc3)c3c2-c2sc(NC(C)=O)nc2CC3)c1. The van der Waals surface area contributed by atoms with E-state index in [-0.39, 0.29) is 5.91 Å². The van der Waals surface area contributed by atoms with E-state index in [2.05, 4.69) is 26.5 Å². The van der Waals surface area contributed by atoms with Crippen LogP contribution < -0.4 is 5.32 Å². The van der Waals surface area contributed by atoms with Crippen LogP contribution in [0.15, 0.2) is 47.8 Å². The molecule has 1 amide bonds. The summed E-state index contributed by atoms with van der Waals surface area (Å²) < 4.78 is 1.96. The molecule has 0 aliphatic heterocycles. The molecule has 3 aromatic heterocycles. The Morgan fingerprint density at radius 2 is 2.15 bits per heavy atom. The van der Waals surface area contributed by atoms with E-state index in [1.807, 2.05) is 48.1 Å². The van der Waals surface area contributed by atoms with Gasteiger partial charge in [0.2, 0.25) is 5.91 Å². The van der Waals surface area contributed by atoms with Gasteiger partial charge in [0, 0.05) is 29.9 Å². The fraction of sp³-hybridized carbons (Fsp3) is 0.208. The van der Waals surface area contributed by atoms with Gasteiger partial charge in [0.25, 0.3) is 0 Å². The zero-order chi connectivity index (χ0) is 22.9. The highest BCUT2D eigenvalue weighted by Gasteiger charge is 2.30. The van der Waals surface area contributed by atoms with E-state index >= 15 is 0 Å². The molecule has 33 heavy (non-hydrogen) atoms. The number of aryl methyl sites for hydroxylation is 2. The largest absolute Gasteiger partial charge is 0.399 e. The number of aromatic nitrogens is 4. The van der Waals surface area contributed by atoms with Crippen LogP contribution in [0.4, 0.5) is 5.13 Å². The summed E-state index contributed by atoms with van der Waals surface area (Å²) in [5.74, 6) is -0.133. The summed E-state index contributed by atoms with van der Waals surface area (Å²) in [6.45, 7) is 3.46. The Kier molecular flexibility index (Phi) is 5.47. The topological polar surface area (TPSA) is 94.3 Å². The number of rotatable bonds is 5. The van der Waals surface area contributed by atoms with Crippen molar-refractivity contribution in [1.29, 1.82) is 0 Å². The zero-order valence-electron chi connectivity index (χ0n) is 18.5. The molecule has 9 heteroatoms. The predicted octanol–water partition coefficient (Wildman–Crippen LogP) is 4.40. The number of carbonyl (C=O) groups is 1. The summed E-state index contributed by atoms with van der Waals surface area (Å²) in [7, 11) is 1.52. The molecular formula is C24H22N6O2S. The predicted molar refractivity (Wildman–Crippen MR) is 129 cm³/mol. The number of thiazole rings is 1. The van der Waals surface area contributed by atoms with Crippen LogP contribution in [0.1, 0.15) is 29.4 Å². The Morgan fingerprint density at radius 1 is 1.27 bits per heavy atom. The maximum Gasteiger partial charge on any atom is 0.223 e. The number of nitrogens with zero attached hydrogens (tertiary/aromatic N) is 5. The minimum Gasteiger partial charge on any atom is -0.399 e. The van der Waals surface area contributed by atoms with Gasteiger partial charge in [0.05, 0.1) is 33.9 Å². The Bertz CT molecular complexity index is 1370. The lowest BCUT2D eigenvalue weighted by atomic mass is 9.95. The van der Waals surface area contributed by atoms with Gasteiger partial charge in [0.1, 0.15) is 7.11 Å². The number of amides is 1.